The van der Waals surface area contributed by atoms with E-state index in [-0.39, 0.29) is 36.2 Å². The number of carbonyl (C=O) groups excluding carboxylic acids is 3. The Balaban J connectivity index is 1.44. The van der Waals surface area contributed by atoms with Gasteiger partial charge in [0.25, 0.3) is 15.9 Å². The lowest BCUT2D eigenvalue weighted by Crippen LogP contribution is -2.52. The minimum atomic E-state index is -3.96. The van der Waals surface area contributed by atoms with E-state index < -0.39 is 39.7 Å². The third-order valence-corrected chi connectivity index (χ3v) is 8.32. The molecule has 11 nitrogen and oxygen atoms in total. The van der Waals surface area contributed by atoms with E-state index in [1.165, 1.54) is 6.20 Å². The number of benzene rings is 1. The van der Waals surface area contributed by atoms with Crippen molar-refractivity contribution in [3.05, 3.63) is 48.1 Å². The highest BCUT2D eigenvalue weighted by Crippen LogP contribution is 2.21. The molecule has 12 heteroatoms. The lowest BCUT2D eigenvalue weighted by molar-refractivity contribution is -0.129. The minimum absolute atomic E-state index is 0.0778. The number of furan rings is 1. The van der Waals surface area contributed by atoms with Crippen LogP contribution in [0.3, 0.4) is 0 Å². The molecule has 2 aromatic heterocycles. The topological polar surface area (TPSA) is 144 Å². The number of amides is 2. The predicted molar refractivity (Wildman–Crippen MR) is 140 cm³/mol. The third-order valence-electron chi connectivity index (χ3n) is 6.61. The summed E-state index contributed by atoms with van der Waals surface area (Å²) in [4.78, 5) is 43.3. The third kappa shape index (κ3) is 5.97. The van der Waals surface area contributed by atoms with Crippen molar-refractivity contribution in [1.82, 2.24) is 24.5 Å². The Morgan fingerprint density at radius 1 is 1.24 bits per heavy atom. The molecule has 1 aromatic carbocycles. The standard InChI is InChI=1S/C26H33N5O6S/c1-16(2)12-20(29-26(34)23-13-18-8-5-6-10-22(18)37-23)25(33)28-19-9-7-11-31(14-21(19)32)38(35,36)24-15-30(4)17(3)27-24/h5-6,8,10,13,15-16,19-20H,7,9,11-12,14H2,1-4H3,(H,28,33)(H,29,34)/t19-,20?/m0/s1. The van der Waals surface area contributed by atoms with Crippen LogP contribution in [0, 0.1) is 12.8 Å². The lowest BCUT2D eigenvalue weighted by atomic mass is 10.0. The Morgan fingerprint density at radius 2 is 1.97 bits per heavy atom. The molecule has 0 bridgehead atoms. The van der Waals surface area contributed by atoms with Crippen molar-refractivity contribution in [2.75, 3.05) is 13.1 Å². The molecular formula is C26H33N5O6S. The van der Waals surface area contributed by atoms with E-state index in [1.54, 1.807) is 36.7 Å². The number of hydrogen-bond acceptors (Lipinski definition) is 7. The second-order valence-electron chi connectivity index (χ2n) is 10.0. The van der Waals surface area contributed by atoms with Crippen molar-refractivity contribution >= 4 is 38.6 Å². The minimum Gasteiger partial charge on any atom is -0.451 e. The van der Waals surface area contributed by atoms with E-state index in [0.717, 1.165) is 9.69 Å². The van der Waals surface area contributed by atoms with Crippen LogP contribution in [0.25, 0.3) is 11.0 Å². The highest BCUT2D eigenvalue weighted by atomic mass is 32.2. The molecular weight excluding hydrogens is 510 g/mol. The van der Waals surface area contributed by atoms with Gasteiger partial charge in [0, 0.05) is 25.2 Å². The van der Waals surface area contributed by atoms with Crippen molar-refractivity contribution in [1.29, 1.82) is 0 Å². The van der Waals surface area contributed by atoms with Gasteiger partial charge in [-0.2, -0.15) is 4.31 Å². The number of para-hydroxylation sites is 1. The number of imidazole rings is 1. The first-order chi connectivity index (χ1) is 18.0. The number of aromatic nitrogens is 2. The zero-order valence-electron chi connectivity index (χ0n) is 21.9. The Morgan fingerprint density at radius 3 is 2.63 bits per heavy atom. The average molecular weight is 544 g/mol. The van der Waals surface area contributed by atoms with Crippen molar-refractivity contribution in [3.63, 3.8) is 0 Å². The summed E-state index contributed by atoms with van der Waals surface area (Å²) in [6, 6.07) is 7.05. The van der Waals surface area contributed by atoms with Gasteiger partial charge in [-0.1, -0.05) is 32.0 Å². The van der Waals surface area contributed by atoms with Gasteiger partial charge in [0.1, 0.15) is 17.4 Å². The van der Waals surface area contributed by atoms with E-state index in [0.29, 0.717) is 24.2 Å². The maximum absolute atomic E-state index is 13.2. The number of nitrogens with zero attached hydrogens (tertiary/aromatic N) is 3. The molecule has 1 fully saturated rings. The molecule has 204 valence electrons. The monoisotopic (exact) mass is 543 g/mol. The van der Waals surface area contributed by atoms with E-state index >= 15 is 0 Å². The van der Waals surface area contributed by atoms with Crippen LogP contribution in [0.15, 0.2) is 46.0 Å². The summed E-state index contributed by atoms with van der Waals surface area (Å²) in [5.74, 6) is -0.747. The SMILES string of the molecule is Cc1nc(S(=O)(=O)N2CCC[C@H](NC(=O)C(CC(C)C)NC(=O)c3cc4ccccc4o3)C(=O)C2)cn1C. The van der Waals surface area contributed by atoms with Gasteiger partial charge in [-0.05, 0) is 44.2 Å². The van der Waals surface area contributed by atoms with Gasteiger partial charge in [0.15, 0.2) is 16.6 Å². The second kappa shape index (κ2) is 11.1. The van der Waals surface area contributed by atoms with Crippen molar-refractivity contribution < 1.29 is 27.2 Å². The fourth-order valence-electron chi connectivity index (χ4n) is 4.43. The van der Waals surface area contributed by atoms with Crippen LogP contribution in [0.5, 0.6) is 0 Å². The number of carbonyl (C=O) groups is 3. The largest absolute Gasteiger partial charge is 0.451 e. The van der Waals surface area contributed by atoms with Crippen LogP contribution in [-0.4, -0.2) is 65.0 Å². The molecule has 2 amide bonds. The molecule has 1 saturated heterocycles. The highest BCUT2D eigenvalue weighted by Gasteiger charge is 2.35. The molecule has 4 rings (SSSR count). The maximum atomic E-state index is 13.2. The van der Waals surface area contributed by atoms with E-state index in [1.807, 2.05) is 26.0 Å². The van der Waals surface area contributed by atoms with E-state index in [2.05, 4.69) is 15.6 Å². The van der Waals surface area contributed by atoms with Gasteiger partial charge in [0.05, 0.1) is 12.6 Å². The van der Waals surface area contributed by atoms with Crippen LogP contribution in [0.1, 0.15) is 49.5 Å². The zero-order chi connectivity index (χ0) is 27.6. The van der Waals surface area contributed by atoms with Gasteiger partial charge in [-0.3, -0.25) is 14.4 Å². The molecule has 3 aromatic rings. The first-order valence-corrected chi connectivity index (χ1v) is 14.0. The Labute approximate surface area is 221 Å². The maximum Gasteiger partial charge on any atom is 0.287 e. The summed E-state index contributed by atoms with van der Waals surface area (Å²) in [6.07, 6.45) is 2.42. The molecule has 0 saturated carbocycles. The molecule has 2 atom stereocenters. The second-order valence-corrected chi connectivity index (χ2v) is 11.9. The molecule has 0 aliphatic carbocycles. The molecule has 1 aliphatic heterocycles. The predicted octanol–water partition coefficient (Wildman–Crippen LogP) is 2.16. The number of Topliss-reactive ketones (excluding diaryl/α,β-unsaturated/α-hetero) is 1. The number of aryl methyl sites for hydroxylation is 2. The summed E-state index contributed by atoms with van der Waals surface area (Å²) >= 11 is 0. The zero-order valence-corrected chi connectivity index (χ0v) is 22.7. The molecule has 38 heavy (non-hydrogen) atoms. The normalized spacial score (nSPS) is 17.9. The summed E-state index contributed by atoms with van der Waals surface area (Å²) in [6.45, 7) is 5.30. The quantitative estimate of drug-likeness (QED) is 0.443. The van der Waals surface area contributed by atoms with Crippen molar-refractivity contribution in [3.8, 4) is 0 Å². The van der Waals surface area contributed by atoms with Crippen molar-refractivity contribution in [2.45, 2.75) is 57.1 Å². The first-order valence-electron chi connectivity index (χ1n) is 12.6. The summed E-state index contributed by atoms with van der Waals surface area (Å²) in [5.41, 5.74) is 0.562. The van der Waals surface area contributed by atoms with Gasteiger partial charge in [-0.15, -0.1) is 0 Å². The van der Waals surface area contributed by atoms with Gasteiger partial charge >= 0.3 is 0 Å². The van der Waals surface area contributed by atoms with Crippen molar-refractivity contribution in [2.24, 2.45) is 13.0 Å². The Hall–Kier alpha value is -3.51. The average Bonchev–Trinajstić information content (AvgIpc) is 3.39. The molecule has 1 aliphatic rings. The van der Waals surface area contributed by atoms with Gasteiger partial charge < -0.3 is 19.6 Å². The lowest BCUT2D eigenvalue weighted by Gasteiger charge is -2.23. The highest BCUT2D eigenvalue weighted by molar-refractivity contribution is 7.89. The summed E-state index contributed by atoms with van der Waals surface area (Å²) in [7, 11) is -2.27. The molecule has 3 heterocycles. The fourth-order valence-corrected chi connectivity index (χ4v) is 5.90. The number of hydrogen-bond donors (Lipinski definition) is 2. The first kappa shape index (κ1) is 27.5. The number of fused-ring (bicyclic) bond motifs is 1. The molecule has 1 unspecified atom stereocenters. The van der Waals surface area contributed by atoms with Crippen LogP contribution < -0.4 is 10.6 Å². The number of nitrogens with one attached hydrogen (secondary N) is 2. The summed E-state index contributed by atoms with van der Waals surface area (Å²) in [5, 5.41) is 6.14. The Bertz CT molecular complexity index is 1410. The van der Waals surface area contributed by atoms with Crippen LogP contribution in [0.2, 0.25) is 0 Å². The molecule has 0 radical (unpaired) electrons. The number of ketones is 1. The van der Waals surface area contributed by atoms with Gasteiger partial charge in [-0.25, -0.2) is 13.4 Å². The van der Waals surface area contributed by atoms with Crippen LogP contribution >= 0.6 is 0 Å². The van der Waals surface area contributed by atoms with Gasteiger partial charge in [0.2, 0.25) is 5.91 Å². The number of rotatable bonds is 8. The molecule has 2 N–H and O–H groups in total. The Kier molecular flexibility index (Phi) is 8.02. The van der Waals surface area contributed by atoms with Crippen LogP contribution in [0.4, 0.5) is 0 Å². The summed E-state index contributed by atoms with van der Waals surface area (Å²) < 4.78 is 34.5. The molecule has 0 spiro atoms. The van der Waals surface area contributed by atoms with Crippen LogP contribution in [-0.2, 0) is 26.7 Å². The fraction of sp³-hybridized carbons (Fsp3) is 0.462. The van der Waals surface area contributed by atoms with E-state index in [9.17, 15) is 22.8 Å². The van der Waals surface area contributed by atoms with E-state index in [4.69, 9.17) is 4.42 Å². The smallest absolute Gasteiger partial charge is 0.287 e. The number of sulfonamides is 1.